The van der Waals surface area contributed by atoms with Crippen LogP contribution in [-0.4, -0.2) is 29.0 Å². The van der Waals surface area contributed by atoms with Crippen molar-refractivity contribution in [2.24, 2.45) is 0 Å². The number of benzene rings is 1. The van der Waals surface area contributed by atoms with E-state index in [0.29, 0.717) is 6.04 Å². The Morgan fingerprint density at radius 1 is 1.17 bits per heavy atom. The van der Waals surface area contributed by atoms with Gasteiger partial charge in [-0.25, -0.2) is 0 Å². The normalized spacial score (nSPS) is 24.2. The average Bonchev–Trinajstić information content (AvgIpc) is 3.05. The molecule has 18 heavy (non-hydrogen) atoms. The van der Waals surface area contributed by atoms with Crippen molar-refractivity contribution in [3.8, 4) is 0 Å². The number of nitrogens with zero attached hydrogens (tertiary/aromatic N) is 1. The Morgan fingerprint density at radius 2 is 2.17 bits per heavy atom. The fourth-order valence-electron chi connectivity index (χ4n) is 3.39. The van der Waals surface area contributed by atoms with Crippen LogP contribution in [-0.2, 0) is 0 Å². The quantitative estimate of drug-likeness (QED) is 0.806. The van der Waals surface area contributed by atoms with E-state index in [0.717, 1.165) is 0 Å². The minimum absolute atomic E-state index is 0.702. The fraction of sp³-hybridized carbons (Fsp3) is 0.375. The summed E-state index contributed by atoms with van der Waals surface area (Å²) in [5, 5.41) is 1.30. The molecule has 1 N–H and O–H groups in total. The molecular weight excluding hydrogens is 220 g/mol. The first-order chi connectivity index (χ1) is 8.90. The molecule has 0 bridgehead atoms. The van der Waals surface area contributed by atoms with E-state index in [1.54, 1.807) is 0 Å². The summed E-state index contributed by atoms with van der Waals surface area (Å²) >= 11 is 0. The molecule has 1 unspecified atom stereocenters. The van der Waals surface area contributed by atoms with Crippen molar-refractivity contribution in [1.29, 1.82) is 0 Å². The van der Waals surface area contributed by atoms with Crippen LogP contribution in [0.15, 0.2) is 36.5 Å². The lowest BCUT2D eigenvalue weighted by Gasteiger charge is -2.28. The molecule has 1 fully saturated rings. The number of hydrogen-bond acceptors (Lipinski definition) is 1. The largest absolute Gasteiger partial charge is 0.361 e. The van der Waals surface area contributed by atoms with Crippen molar-refractivity contribution in [2.45, 2.75) is 25.3 Å². The van der Waals surface area contributed by atoms with Crippen LogP contribution in [0.3, 0.4) is 0 Å². The minimum Gasteiger partial charge on any atom is -0.361 e. The molecule has 0 amide bonds. The van der Waals surface area contributed by atoms with E-state index in [1.165, 1.54) is 54.4 Å². The maximum atomic E-state index is 3.31. The van der Waals surface area contributed by atoms with Crippen LogP contribution in [0.1, 0.15) is 24.8 Å². The number of H-pyrrole nitrogens is 1. The second kappa shape index (κ2) is 3.99. The molecule has 2 aliphatic rings. The first kappa shape index (κ1) is 10.4. The van der Waals surface area contributed by atoms with Crippen LogP contribution in [0.5, 0.6) is 0 Å². The van der Waals surface area contributed by atoms with Crippen LogP contribution in [0.25, 0.3) is 16.5 Å². The Labute approximate surface area is 107 Å². The molecule has 0 spiro atoms. The summed E-state index contributed by atoms with van der Waals surface area (Å²) in [6.07, 6.45) is 8.42. The Kier molecular flexibility index (Phi) is 2.30. The molecule has 2 aliphatic heterocycles. The zero-order chi connectivity index (χ0) is 11.9. The maximum absolute atomic E-state index is 3.31. The third-order valence-corrected chi connectivity index (χ3v) is 4.40. The van der Waals surface area contributed by atoms with Crippen LogP contribution >= 0.6 is 0 Å². The molecule has 0 saturated carbocycles. The predicted molar refractivity (Wildman–Crippen MR) is 75.5 cm³/mol. The van der Waals surface area contributed by atoms with Crippen molar-refractivity contribution in [1.82, 2.24) is 9.88 Å². The van der Waals surface area contributed by atoms with E-state index in [-0.39, 0.29) is 0 Å². The summed E-state index contributed by atoms with van der Waals surface area (Å²) in [6.45, 7) is 2.53. The van der Waals surface area contributed by atoms with Crippen molar-refractivity contribution in [3.63, 3.8) is 0 Å². The number of aromatic nitrogens is 1. The number of hydrogen-bond donors (Lipinski definition) is 1. The zero-order valence-corrected chi connectivity index (χ0v) is 10.5. The molecule has 1 aromatic carbocycles. The summed E-state index contributed by atoms with van der Waals surface area (Å²) in [5.74, 6) is 0. The van der Waals surface area contributed by atoms with Gasteiger partial charge in [-0.05, 0) is 54.5 Å². The van der Waals surface area contributed by atoms with Gasteiger partial charge in [-0.3, -0.25) is 4.90 Å². The lowest BCUT2D eigenvalue weighted by molar-refractivity contribution is 0.288. The highest BCUT2D eigenvalue weighted by atomic mass is 15.2. The SMILES string of the molecule is C1=C(c2ccc3cc[nH]c3c2)CCN2CCCC12. The molecule has 2 nitrogen and oxygen atoms in total. The first-order valence-corrected chi connectivity index (χ1v) is 6.92. The van der Waals surface area contributed by atoms with Gasteiger partial charge >= 0.3 is 0 Å². The highest BCUT2D eigenvalue weighted by Gasteiger charge is 2.26. The van der Waals surface area contributed by atoms with E-state index in [4.69, 9.17) is 0 Å². The van der Waals surface area contributed by atoms with Gasteiger partial charge in [0.1, 0.15) is 0 Å². The minimum atomic E-state index is 0.702. The standard InChI is InChI=1S/C16H18N2/c1-2-15-10-14(6-9-18(15)8-1)13-4-3-12-5-7-17-16(12)11-13/h3-5,7,10-11,15,17H,1-2,6,8-9H2. The van der Waals surface area contributed by atoms with Crippen molar-refractivity contribution in [2.75, 3.05) is 13.1 Å². The van der Waals surface area contributed by atoms with E-state index >= 15 is 0 Å². The Morgan fingerprint density at radius 3 is 3.17 bits per heavy atom. The molecular formula is C16H18N2. The van der Waals surface area contributed by atoms with Gasteiger partial charge in [0.2, 0.25) is 0 Å². The van der Waals surface area contributed by atoms with E-state index in [9.17, 15) is 0 Å². The third-order valence-electron chi connectivity index (χ3n) is 4.40. The molecule has 1 saturated heterocycles. The highest BCUT2D eigenvalue weighted by Crippen LogP contribution is 2.31. The highest BCUT2D eigenvalue weighted by molar-refractivity contribution is 5.84. The van der Waals surface area contributed by atoms with E-state index in [2.05, 4.69) is 40.2 Å². The lowest BCUT2D eigenvalue weighted by atomic mass is 9.95. The van der Waals surface area contributed by atoms with Gasteiger partial charge < -0.3 is 4.98 Å². The van der Waals surface area contributed by atoms with Crippen LogP contribution in [0.2, 0.25) is 0 Å². The molecule has 4 rings (SSSR count). The summed E-state index contributed by atoms with van der Waals surface area (Å²) in [5.41, 5.74) is 4.19. The summed E-state index contributed by atoms with van der Waals surface area (Å²) < 4.78 is 0. The monoisotopic (exact) mass is 238 g/mol. The molecule has 92 valence electrons. The molecule has 0 aliphatic carbocycles. The Balaban J connectivity index is 1.73. The van der Waals surface area contributed by atoms with Gasteiger partial charge in [0.05, 0.1) is 0 Å². The molecule has 1 atom stereocenters. The molecule has 2 aromatic rings. The van der Waals surface area contributed by atoms with Crippen LogP contribution < -0.4 is 0 Å². The van der Waals surface area contributed by atoms with Crippen LogP contribution in [0.4, 0.5) is 0 Å². The first-order valence-electron chi connectivity index (χ1n) is 6.92. The van der Waals surface area contributed by atoms with E-state index < -0.39 is 0 Å². The van der Waals surface area contributed by atoms with Gasteiger partial charge in [0, 0.05) is 24.3 Å². The number of nitrogens with one attached hydrogen (secondary N) is 1. The molecule has 0 radical (unpaired) electrons. The summed E-state index contributed by atoms with van der Waals surface area (Å²) in [4.78, 5) is 5.93. The van der Waals surface area contributed by atoms with Crippen molar-refractivity contribution < 1.29 is 0 Å². The zero-order valence-electron chi connectivity index (χ0n) is 10.5. The fourth-order valence-corrected chi connectivity index (χ4v) is 3.39. The third kappa shape index (κ3) is 1.60. The van der Waals surface area contributed by atoms with Gasteiger partial charge in [-0.1, -0.05) is 18.2 Å². The summed E-state index contributed by atoms with van der Waals surface area (Å²) in [6, 6.07) is 9.63. The second-order valence-electron chi connectivity index (χ2n) is 5.47. The Hall–Kier alpha value is -1.54. The van der Waals surface area contributed by atoms with Gasteiger partial charge in [0.15, 0.2) is 0 Å². The number of rotatable bonds is 1. The molecule has 2 heteroatoms. The summed E-state index contributed by atoms with van der Waals surface area (Å²) in [7, 11) is 0. The van der Waals surface area contributed by atoms with Crippen molar-refractivity contribution >= 4 is 16.5 Å². The predicted octanol–water partition coefficient (Wildman–Crippen LogP) is 3.42. The lowest BCUT2D eigenvalue weighted by Crippen LogP contribution is -2.32. The average molecular weight is 238 g/mol. The molecule has 3 heterocycles. The second-order valence-corrected chi connectivity index (χ2v) is 5.47. The maximum Gasteiger partial charge on any atom is 0.0460 e. The Bertz CT molecular complexity index is 608. The van der Waals surface area contributed by atoms with Gasteiger partial charge in [0.25, 0.3) is 0 Å². The van der Waals surface area contributed by atoms with Gasteiger partial charge in [-0.2, -0.15) is 0 Å². The molecule has 1 aromatic heterocycles. The smallest absolute Gasteiger partial charge is 0.0460 e. The number of aromatic amines is 1. The van der Waals surface area contributed by atoms with Crippen LogP contribution in [0, 0.1) is 0 Å². The number of fused-ring (bicyclic) bond motifs is 2. The topological polar surface area (TPSA) is 19.0 Å². The van der Waals surface area contributed by atoms with E-state index in [1.807, 2.05) is 6.20 Å². The van der Waals surface area contributed by atoms with Gasteiger partial charge in [-0.15, -0.1) is 0 Å². The van der Waals surface area contributed by atoms with Crippen molar-refractivity contribution in [3.05, 3.63) is 42.1 Å².